The van der Waals surface area contributed by atoms with Crippen molar-refractivity contribution in [3.8, 4) is 11.5 Å². The van der Waals surface area contributed by atoms with Gasteiger partial charge in [0.2, 0.25) is 0 Å². The fraction of sp³-hybridized carbons (Fsp3) is 0.381. The zero-order chi connectivity index (χ0) is 20.2. The maximum Gasteiger partial charge on any atom is 0.354 e. The molecule has 0 radical (unpaired) electrons. The number of hydrogen-bond donors (Lipinski definition) is 2. The van der Waals surface area contributed by atoms with E-state index >= 15 is 0 Å². The maximum absolute atomic E-state index is 12.7. The molecule has 29 heavy (non-hydrogen) atoms. The van der Waals surface area contributed by atoms with Crippen LogP contribution in [0, 0.1) is 5.92 Å². The Morgan fingerprint density at radius 1 is 1.24 bits per heavy atom. The number of rotatable bonds is 5. The van der Waals surface area contributed by atoms with E-state index in [0.717, 1.165) is 31.6 Å². The number of aromatic carboxylic acids is 1. The molecular formula is C21H23N3O5. The average molecular weight is 397 g/mol. The van der Waals surface area contributed by atoms with Gasteiger partial charge in [0.05, 0.1) is 5.56 Å². The van der Waals surface area contributed by atoms with Gasteiger partial charge in [0, 0.05) is 31.5 Å². The van der Waals surface area contributed by atoms with E-state index in [0.29, 0.717) is 36.8 Å². The van der Waals surface area contributed by atoms with E-state index in [4.69, 9.17) is 14.6 Å². The van der Waals surface area contributed by atoms with Gasteiger partial charge in [-0.2, -0.15) is 0 Å². The Labute approximate surface area is 168 Å². The quantitative estimate of drug-likeness (QED) is 0.798. The Kier molecular flexibility index (Phi) is 5.50. The fourth-order valence-electron chi connectivity index (χ4n) is 3.78. The van der Waals surface area contributed by atoms with E-state index < -0.39 is 5.97 Å². The highest BCUT2D eigenvalue weighted by Gasteiger charge is 2.24. The van der Waals surface area contributed by atoms with Crippen LogP contribution < -0.4 is 19.7 Å². The molecule has 1 saturated heterocycles. The number of para-hydroxylation sites is 1. The molecular weight excluding hydrogens is 374 g/mol. The lowest BCUT2D eigenvalue weighted by atomic mass is 9.97. The molecule has 3 heterocycles. The van der Waals surface area contributed by atoms with Gasteiger partial charge in [0.25, 0.3) is 5.91 Å². The predicted molar refractivity (Wildman–Crippen MR) is 106 cm³/mol. The van der Waals surface area contributed by atoms with Gasteiger partial charge in [-0.1, -0.05) is 6.07 Å². The number of carbonyl (C=O) groups excluding carboxylic acids is 1. The number of amides is 1. The van der Waals surface area contributed by atoms with Crippen molar-refractivity contribution in [1.82, 2.24) is 10.3 Å². The van der Waals surface area contributed by atoms with Crippen molar-refractivity contribution in [2.45, 2.75) is 12.8 Å². The molecule has 2 aromatic rings. The van der Waals surface area contributed by atoms with Crippen molar-refractivity contribution in [3.05, 3.63) is 47.8 Å². The number of nitrogens with zero attached hydrogens (tertiary/aromatic N) is 2. The van der Waals surface area contributed by atoms with Crippen molar-refractivity contribution in [2.24, 2.45) is 5.92 Å². The smallest absolute Gasteiger partial charge is 0.354 e. The second-order valence-corrected chi connectivity index (χ2v) is 7.20. The van der Waals surface area contributed by atoms with Crippen molar-refractivity contribution in [3.63, 3.8) is 0 Å². The zero-order valence-corrected chi connectivity index (χ0v) is 16.0. The third-order valence-corrected chi connectivity index (χ3v) is 5.21. The number of ether oxygens (including phenoxy) is 2. The molecule has 0 bridgehead atoms. The van der Waals surface area contributed by atoms with Gasteiger partial charge in [-0.15, -0.1) is 0 Å². The number of aromatic nitrogens is 1. The minimum atomic E-state index is -1.04. The first kappa shape index (κ1) is 19.0. The standard InChI is InChI=1S/C21H23N3O5/c25-20(16-4-1-5-18-19(16)29-10-9-28-18)23-12-14-3-2-8-24(13-14)15-6-7-22-17(11-15)21(26)27/h1,4-7,11,14H,2-3,8-10,12-13H2,(H,23,25)(H,26,27). The molecule has 4 rings (SSSR count). The van der Waals surface area contributed by atoms with Crippen molar-refractivity contribution in [1.29, 1.82) is 0 Å². The topological polar surface area (TPSA) is 101 Å². The second kappa shape index (κ2) is 8.38. The number of nitrogens with one attached hydrogen (secondary N) is 1. The lowest BCUT2D eigenvalue weighted by Crippen LogP contribution is -2.41. The molecule has 0 spiro atoms. The van der Waals surface area contributed by atoms with Crippen LogP contribution in [0.2, 0.25) is 0 Å². The zero-order valence-electron chi connectivity index (χ0n) is 16.0. The second-order valence-electron chi connectivity index (χ2n) is 7.20. The van der Waals surface area contributed by atoms with E-state index in [1.54, 1.807) is 24.3 Å². The summed E-state index contributed by atoms with van der Waals surface area (Å²) in [5.74, 6) is 0.150. The van der Waals surface area contributed by atoms with Crippen LogP contribution in [0.15, 0.2) is 36.5 Å². The number of benzene rings is 1. The minimum absolute atomic E-state index is 0.0361. The van der Waals surface area contributed by atoms with Crippen molar-refractivity contribution < 1.29 is 24.2 Å². The summed E-state index contributed by atoms with van der Waals surface area (Å²) in [7, 11) is 0. The van der Waals surface area contributed by atoms with E-state index in [9.17, 15) is 9.59 Å². The summed E-state index contributed by atoms with van der Waals surface area (Å²) in [5.41, 5.74) is 1.36. The Bertz CT molecular complexity index is 917. The molecule has 2 aliphatic rings. The number of piperidine rings is 1. The van der Waals surface area contributed by atoms with Crippen LogP contribution in [0.3, 0.4) is 0 Å². The molecule has 152 valence electrons. The molecule has 2 aliphatic heterocycles. The van der Waals surface area contributed by atoms with E-state index in [1.165, 1.54) is 6.20 Å². The molecule has 1 aromatic heterocycles. The largest absolute Gasteiger partial charge is 0.486 e. The maximum atomic E-state index is 12.7. The molecule has 8 heteroatoms. The van der Waals surface area contributed by atoms with Crippen LogP contribution in [0.5, 0.6) is 11.5 Å². The first-order valence-electron chi connectivity index (χ1n) is 9.73. The summed E-state index contributed by atoms with van der Waals surface area (Å²) in [5, 5.41) is 12.2. The van der Waals surface area contributed by atoms with E-state index in [1.807, 2.05) is 6.07 Å². The number of carboxylic acid groups (broad SMARTS) is 1. The Balaban J connectivity index is 1.38. The van der Waals surface area contributed by atoms with Crippen LogP contribution in [-0.4, -0.2) is 54.8 Å². The first-order valence-corrected chi connectivity index (χ1v) is 9.73. The van der Waals surface area contributed by atoms with Crippen LogP contribution in [0.4, 0.5) is 5.69 Å². The highest BCUT2D eigenvalue weighted by molar-refractivity contribution is 5.97. The number of anilines is 1. The lowest BCUT2D eigenvalue weighted by Gasteiger charge is -2.34. The molecule has 1 atom stereocenters. The van der Waals surface area contributed by atoms with Crippen LogP contribution in [0.1, 0.15) is 33.7 Å². The number of hydrogen-bond acceptors (Lipinski definition) is 6. The Morgan fingerprint density at radius 3 is 2.97 bits per heavy atom. The van der Waals surface area contributed by atoms with Crippen molar-refractivity contribution in [2.75, 3.05) is 37.7 Å². The van der Waals surface area contributed by atoms with Gasteiger partial charge in [-0.05, 0) is 43.0 Å². The average Bonchev–Trinajstić information content (AvgIpc) is 2.77. The highest BCUT2D eigenvalue weighted by atomic mass is 16.6. The molecule has 1 amide bonds. The molecule has 1 unspecified atom stereocenters. The van der Waals surface area contributed by atoms with Gasteiger partial charge in [-0.3, -0.25) is 4.79 Å². The number of carbonyl (C=O) groups is 2. The summed E-state index contributed by atoms with van der Waals surface area (Å²) >= 11 is 0. The molecule has 1 fully saturated rings. The van der Waals surface area contributed by atoms with E-state index in [2.05, 4.69) is 15.2 Å². The van der Waals surface area contributed by atoms with Crippen LogP contribution in [-0.2, 0) is 0 Å². The number of carboxylic acids is 1. The van der Waals surface area contributed by atoms with Gasteiger partial charge >= 0.3 is 5.97 Å². The summed E-state index contributed by atoms with van der Waals surface area (Å²) in [6.07, 6.45) is 3.49. The first-order chi connectivity index (χ1) is 14.1. The predicted octanol–water partition coefficient (Wildman–Crippen LogP) is 2.20. The van der Waals surface area contributed by atoms with Gasteiger partial charge < -0.3 is 24.8 Å². The molecule has 1 aromatic carbocycles. The SMILES string of the molecule is O=C(O)c1cc(N2CCCC(CNC(=O)c3cccc4c3OCCO4)C2)ccn1. The van der Waals surface area contributed by atoms with E-state index in [-0.39, 0.29) is 17.5 Å². The molecule has 0 saturated carbocycles. The molecule has 0 aliphatic carbocycles. The monoisotopic (exact) mass is 397 g/mol. The molecule has 2 N–H and O–H groups in total. The third-order valence-electron chi connectivity index (χ3n) is 5.21. The normalized spacial score (nSPS) is 18.2. The van der Waals surface area contributed by atoms with Gasteiger partial charge in [0.15, 0.2) is 11.5 Å². The molecule has 8 nitrogen and oxygen atoms in total. The number of fused-ring (bicyclic) bond motifs is 1. The summed E-state index contributed by atoms with van der Waals surface area (Å²) < 4.78 is 11.2. The van der Waals surface area contributed by atoms with Crippen molar-refractivity contribution >= 4 is 17.6 Å². The Morgan fingerprint density at radius 2 is 2.10 bits per heavy atom. The van der Waals surface area contributed by atoms with Crippen LogP contribution >= 0.6 is 0 Å². The van der Waals surface area contributed by atoms with Crippen LogP contribution in [0.25, 0.3) is 0 Å². The Hall–Kier alpha value is -3.29. The minimum Gasteiger partial charge on any atom is -0.486 e. The summed E-state index contributed by atoms with van der Waals surface area (Å²) in [6.45, 7) is 3.05. The van der Waals surface area contributed by atoms with Gasteiger partial charge in [-0.25, -0.2) is 9.78 Å². The lowest BCUT2D eigenvalue weighted by molar-refractivity contribution is 0.0690. The van der Waals surface area contributed by atoms with Gasteiger partial charge in [0.1, 0.15) is 18.9 Å². The summed E-state index contributed by atoms with van der Waals surface area (Å²) in [6, 6.07) is 8.73. The fourth-order valence-corrected chi connectivity index (χ4v) is 3.78. The third kappa shape index (κ3) is 4.26. The number of pyridine rings is 1. The highest BCUT2D eigenvalue weighted by Crippen LogP contribution is 2.33. The summed E-state index contributed by atoms with van der Waals surface area (Å²) in [4.78, 5) is 29.9.